The second-order valence-electron chi connectivity index (χ2n) is 4.37. The maximum Gasteiger partial charge on any atom is 0 e. The smallest absolute Gasteiger partial charge is 0 e. The predicted octanol–water partition coefficient (Wildman–Crippen LogP) is 4.17. The summed E-state index contributed by atoms with van der Waals surface area (Å²) in [4.78, 5) is 2.11. The summed E-state index contributed by atoms with van der Waals surface area (Å²) < 4.78 is 0. The zero-order valence-corrected chi connectivity index (χ0v) is 17.0. The van der Waals surface area contributed by atoms with Gasteiger partial charge in [0.1, 0.15) is 0 Å². The molecule has 0 N–H and O–H groups in total. The first-order valence-corrected chi connectivity index (χ1v) is 12.4. The van der Waals surface area contributed by atoms with E-state index in [2.05, 4.69) is 70.2 Å². The molecule has 110 valence electrons. The van der Waals surface area contributed by atoms with Gasteiger partial charge in [-0.2, -0.15) is 0 Å². The van der Waals surface area contributed by atoms with Gasteiger partial charge in [0.2, 0.25) is 0 Å². The molecule has 0 unspecified atom stereocenters. The molecule has 0 atom stereocenters. The van der Waals surface area contributed by atoms with E-state index in [9.17, 15) is 0 Å². The summed E-state index contributed by atoms with van der Waals surface area (Å²) >= 11 is -0.826. The molecule has 2 saturated carbocycles. The van der Waals surface area contributed by atoms with Gasteiger partial charge in [-0.15, -0.1) is 0 Å². The molecular weight excluding hydrogens is 424 g/mol. The standard InChI is InChI=1S/C16H17N.2ClH.Fe.Zr/c1-13(14-8-4-5-9-14)12-16(17(2)3)15-10-6-7-11-15;;;;/h4-12H,1H2,2-3H3;2*1H;;/q;;;;+4/p-2/b16-12-;;;;. The second kappa shape index (κ2) is 12.7. The van der Waals surface area contributed by atoms with Crippen LogP contribution in [0.4, 0.5) is 0 Å². The van der Waals surface area contributed by atoms with Crippen molar-refractivity contribution < 1.29 is 37.9 Å². The van der Waals surface area contributed by atoms with Gasteiger partial charge in [0.25, 0.3) is 0 Å². The van der Waals surface area contributed by atoms with Gasteiger partial charge in [-0.25, -0.2) is 0 Å². The fourth-order valence-corrected chi connectivity index (χ4v) is 1.85. The Bertz CT molecular complexity index is 322. The maximum absolute atomic E-state index is 4.93. The fraction of sp³-hybridized carbons (Fsp3) is 0.125. The first-order valence-electron chi connectivity index (χ1n) is 6.08. The van der Waals surface area contributed by atoms with Crippen LogP contribution in [0, 0.1) is 63.2 Å². The van der Waals surface area contributed by atoms with Crippen molar-refractivity contribution in [3.8, 4) is 0 Å². The van der Waals surface area contributed by atoms with E-state index in [1.54, 1.807) is 0 Å². The van der Waals surface area contributed by atoms with E-state index in [-0.39, 0.29) is 17.1 Å². The second-order valence-corrected chi connectivity index (χ2v) is 8.10. The van der Waals surface area contributed by atoms with Gasteiger partial charge in [0.05, 0.1) is 0 Å². The number of nitrogens with zero attached hydrogens (tertiary/aromatic N) is 1. The Morgan fingerprint density at radius 3 is 1.76 bits per heavy atom. The molecule has 2 aliphatic rings. The Morgan fingerprint density at radius 1 is 1.00 bits per heavy atom. The van der Waals surface area contributed by atoms with Crippen LogP contribution in [-0.4, -0.2) is 19.0 Å². The van der Waals surface area contributed by atoms with Crippen molar-refractivity contribution in [3.63, 3.8) is 0 Å². The molecule has 0 aromatic rings. The molecule has 0 aromatic carbocycles. The van der Waals surface area contributed by atoms with Gasteiger partial charge < -0.3 is 4.90 Å². The fourth-order valence-electron chi connectivity index (χ4n) is 1.85. The molecule has 0 heterocycles. The summed E-state index contributed by atoms with van der Waals surface area (Å²) in [7, 11) is 14.0. The van der Waals surface area contributed by atoms with Gasteiger partial charge in [-0.05, 0) is 63.0 Å². The van der Waals surface area contributed by atoms with Crippen LogP contribution in [0.1, 0.15) is 0 Å². The molecule has 0 amide bonds. The van der Waals surface area contributed by atoms with Crippen molar-refractivity contribution in [3.05, 3.63) is 87.1 Å². The third-order valence-electron chi connectivity index (χ3n) is 2.78. The molecule has 0 spiro atoms. The first kappa shape index (κ1) is 22.3. The number of halogens is 2. The number of allylic oxidation sites excluding steroid dienone is 3. The summed E-state index contributed by atoms with van der Waals surface area (Å²) in [6.07, 6.45) is 18.7. The molecule has 2 rings (SSSR count). The monoisotopic (exact) mass is 439 g/mol. The van der Waals surface area contributed by atoms with Crippen molar-refractivity contribution in [2.45, 2.75) is 0 Å². The molecule has 2 aliphatic carbocycles. The molecule has 0 saturated heterocycles. The minimum atomic E-state index is -0.826. The topological polar surface area (TPSA) is 3.24 Å². The van der Waals surface area contributed by atoms with E-state index in [0.717, 1.165) is 5.57 Å². The third kappa shape index (κ3) is 8.07. The summed E-state index contributed by atoms with van der Waals surface area (Å²) in [5.74, 6) is 2.40. The normalized spacial score (nSPS) is 19.3. The Balaban J connectivity index is 0.000000922. The van der Waals surface area contributed by atoms with E-state index in [1.807, 2.05) is 12.8 Å². The Hall–Kier alpha value is 1.26. The van der Waals surface area contributed by atoms with Gasteiger partial charge >= 0.3 is 37.9 Å². The number of rotatable bonds is 4. The van der Waals surface area contributed by atoms with Crippen molar-refractivity contribution in [1.82, 2.24) is 4.90 Å². The average Bonchev–Trinajstić information content (AvgIpc) is 3.08. The van der Waals surface area contributed by atoms with Crippen molar-refractivity contribution in [2.75, 3.05) is 14.1 Å². The van der Waals surface area contributed by atoms with E-state index in [0.29, 0.717) is 0 Å². The van der Waals surface area contributed by atoms with Crippen LogP contribution < -0.4 is 0 Å². The SMILES string of the molecule is C=C(/C=C(/[C]1[CH][CH][CH][CH]1)N(C)C)[C]1[CH][CH][CH][CH]1.[Cl][Zr+2][Cl].[Fe]. The Kier molecular flexibility index (Phi) is 13.4. The molecule has 21 heavy (non-hydrogen) atoms. The molecule has 5 heteroatoms. The number of hydrogen-bond donors (Lipinski definition) is 0. The quantitative estimate of drug-likeness (QED) is 0.468. The largest absolute Gasteiger partial charge is 0 e. The van der Waals surface area contributed by atoms with E-state index < -0.39 is 20.8 Å². The van der Waals surface area contributed by atoms with Crippen LogP contribution in [0.25, 0.3) is 0 Å². The van der Waals surface area contributed by atoms with Crippen LogP contribution in [0.3, 0.4) is 0 Å². The van der Waals surface area contributed by atoms with Gasteiger partial charge in [-0.3, -0.25) is 0 Å². The van der Waals surface area contributed by atoms with Crippen LogP contribution in [0.15, 0.2) is 23.9 Å². The molecule has 2 fully saturated rings. The van der Waals surface area contributed by atoms with E-state index >= 15 is 0 Å². The summed E-state index contributed by atoms with van der Waals surface area (Å²) in [6.45, 7) is 4.13. The number of hydrogen-bond acceptors (Lipinski definition) is 1. The average molecular weight is 441 g/mol. The molecular formula is C16H17Cl2FeNZr+2. The minimum Gasteiger partial charge on any atom is 0 e. The zero-order valence-electron chi connectivity index (χ0n) is 12.0. The van der Waals surface area contributed by atoms with Crippen molar-refractivity contribution in [1.29, 1.82) is 0 Å². The predicted molar refractivity (Wildman–Crippen MR) is 83.5 cm³/mol. The Morgan fingerprint density at radius 2 is 1.38 bits per heavy atom. The molecule has 10 radical (unpaired) electrons. The molecule has 0 aromatic heterocycles. The summed E-state index contributed by atoms with van der Waals surface area (Å²) in [5.41, 5.74) is 2.22. The van der Waals surface area contributed by atoms with Crippen LogP contribution >= 0.6 is 17.0 Å². The van der Waals surface area contributed by atoms with Crippen LogP contribution in [0.2, 0.25) is 0 Å². The molecule has 0 aliphatic heterocycles. The van der Waals surface area contributed by atoms with Gasteiger partial charge in [-0.1, -0.05) is 6.58 Å². The van der Waals surface area contributed by atoms with Crippen molar-refractivity contribution >= 4 is 17.0 Å². The summed E-state index contributed by atoms with van der Waals surface area (Å²) in [5, 5.41) is 0. The van der Waals surface area contributed by atoms with E-state index in [1.165, 1.54) is 17.5 Å². The van der Waals surface area contributed by atoms with Gasteiger partial charge in [0.15, 0.2) is 0 Å². The Labute approximate surface area is 160 Å². The molecule has 1 nitrogen and oxygen atoms in total. The van der Waals surface area contributed by atoms with E-state index in [4.69, 9.17) is 17.0 Å². The molecule has 0 bridgehead atoms. The van der Waals surface area contributed by atoms with Crippen molar-refractivity contribution in [2.24, 2.45) is 0 Å². The zero-order chi connectivity index (χ0) is 15.0. The van der Waals surface area contributed by atoms with Gasteiger partial charge in [0, 0.05) is 48.7 Å². The van der Waals surface area contributed by atoms with Crippen LogP contribution in [-0.2, 0) is 37.9 Å². The first-order chi connectivity index (χ1) is 9.60. The minimum absolute atomic E-state index is 0. The van der Waals surface area contributed by atoms with Crippen LogP contribution in [0.5, 0.6) is 0 Å². The maximum atomic E-state index is 4.93. The summed E-state index contributed by atoms with van der Waals surface area (Å²) in [6, 6.07) is 0. The third-order valence-corrected chi connectivity index (χ3v) is 2.78.